The number of aryl methyl sites for hydroxylation is 1. The van der Waals surface area contributed by atoms with Crippen molar-refractivity contribution in [3.05, 3.63) is 47.2 Å². The topological polar surface area (TPSA) is 91.2 Å². The Labute approximate surface area is 179 Å². The van der Waals surface area contributed by atoms with Crippen LogP contribution in [0.4, 0.5) is 11.4 Å². The molecule has 3 N–H and O–H groups in total. The number of carbonyl (C=O) groups excluding carboxylic acids is 1. The van der Waals surface area contributed by atoms with E-state index < -0.39 is 0 Å². The van der Waals surface area contributed by atoms with Gasteiger partial charge in [-0.2, -0.15) is 0 Å². The second-order valence-corrected chi connectivity index (χ2v) is 7.23. The predicted molar refractivity (Wildman–Crippen MR) is 106 cm³/mol. The van der Waals surface area contributed by atoms with Crippen molar-refractivity contribution < 1.29 is 41.5 Å². The number of benzene rings is 2. The number of ether oxygens (including phenoxy) is 3. The Morgan fingerprint density at radius 3 is 2.70 bits per heavy atom. The lowest BCUT2D eigenvalue weighted by atomic mass is 9.91. The number of aromatic amines is 1. The number of Topliss-reactive ketones (excluding diaryl/α,β-unsaturated/α-hetero) is 1. The molecular weight excluding hydrogens is 408 g/mol. The van der Waals surface area contributed by atoms with Crippen LogP contribution in [0.3, 0.4) is 0 Å². The zero-order chi connectivity index (χ0) is 20.0. The van der Waals surface area contributed by atoms with Crippen LogP contribution in [0.5, 0.6) is 17.2 Å². The van der Waals surface area contributed by atoms with E-state index in [1.54, 1.807) is 13.2 Å². The van der Waals surface area contributed by atoms with Crippen LogP contribution in [0.1, 0.15) is 34.5 Å². The monoisotopic (exact) mass is 428 g/mol. The highest BCUT2D eigenvalue weighted by Gasteiger charge is 2.30. The lowest BCUT2D eigenvalue weighted by Crippen LogP contribution is -3.00. The number of H-pyrrole nitrogens is 1. The molecule has 156 valence electrons. The Balaban J connectivity index is 0.00000218. The Bertz CT molecular complexity index is 1130. The number of rotatable bonds is 4. The second-order valence-electron chi connectivity index (χ2n) is 7.23. The Morgan fingerprint density at radius 2 is 1.93 bits per heavy atom. The molecule has 2 heterocycles. The van der Waals surface area contributed by atoms with Gasteiger partial charge in [0.1, 0.15) is 11.3 Å². The number of fused-ring (bicyclic) bond motifs is 3. The lowest BCUT2D eigenvalue weighted by molar-refractivity contribution is -0.358. The molecular formula is C22H21ClN2O5. The smallest absolute Gasteiger partial charge is 0.231 e. The third-order valence-corrected chi connectivity index (χ3v) is 5.38. The largest absolute Gasteiger partial charge is 1.00 e. The average Bonchev–Trinajstić information content (AvgIpc) is 3.19. The van der Waals surface area contributed by atoms with Crippen molar-refractivity contribution in [1.29, 1.82) is 0 Å². The van der Waals surface area contributed by atoms with E-state index in [0.29, 0.717) is 29.2 Å². The maximum absolute atomic E-state index is 12.8. The minimum absolute atomic E-state index is 0. The van der Waals surface area contributed by atoms with Crippen molar-refractivity contribution in [1.82, 2.24) is 0 Å². The fraction of sp³-hybridized carbons (Fsp3) is 0.273. The zero-order valence-corrected chi connectivity index (χ0v) is 17.1. The maximum atomic E-state index is 12.8. The van der Waals surface area contributed by atoms with Gasteiger partial charge >= 0.3 is 0 Å². The fourth-order valence-corrected chi connectivity index (χ4v) is 4.02. The molecule has 0 spiro atoms. The summed E-state index contributed by atoms with van der Waals surface area (Å²) >= 11 is 0. The van der Waals surface area contributed by atoms with E-state index in [1.165, 1.54) is 0 Å². The van der Waals surface area contributed by atoms with Gasteiger partial charge in [-0.1, -0.05) is 0 Å². The number of methoxy groups -OCH3 is 1. The second kappa shape index (κ2) is 8.01. The summed E-state index contributed by atoms with van der Waals surface area (Å²) in [5, 5.41) is 13.8. The number of ketones is 1. The molecule has 0 saturated heterocycles. The molecule has 3 aromatic rings. The Kier molecular flexibility index (Phi) is 5.40. The summed E-state index contributed by atoms with van der Waals surface area (Å²) in [5.41, 5.74) is 4.65. The Hall–Kier alpha value is -3.03. The van der Waals surface area contributed by atoms with Crippen LogP contribution in [-0.2, 0) is 13.0 Å². The first-order chi connectivity index (χ1) is 14.2. The first-order valence-electron chi connectivity index (χ1n) is 9.57. The van der Waals surface area contributed by atoms with Gasteiger partial charge in [-0.05, 0) is 24.1 Å². The third kappa shape index (κ3) is 3.40. The molecule has 1 aliphatic carbocycles. The van der Waals surface area contributed by atoms with Gasteiger partial charge in [0.25, 0.3) is 0 Å². The number of aromatic nitrogens is 1. The number of nitrogens with one attached hydrogen (secondary N) is 2. The van der Waals surface area contributed by atoms with E-state index in [4.69, 9.17) is 14.2 Å². The van der Waals surface area contributed by atoms with Crippen LogP contribution in [0.25, 0.3) is 10.9 Å². The van der Waals surface area contributed by atoms with E-state index in [2.05, 4.69) is 10.3 Å². The van der Waals surface area contributed by atoms with Crippen molar-refractivity contribution in [2.24, 2.45) is 0 Å². The maximum Gasteiger partial charge on any atom is 0.231 e. The molecule has 2 aromatic carbocycles. The quantitative estimate of drug-likeness (QED) is 0.614. The number of carbonyl (C=O) groups is 1. The van der Waals surface area contributed by atoms with Crippen molar-refractivity contribution in [3.8, 4) is 17.2 Å². The molecule has 5 rings (SSSR count). The number of pyridine rings is 1. The summed E-state index contributed by atoms with van der Waals surface area (Å²) in [6, 6.07) is 9.27. The molecule has 8 heteroatoms. The molecule has 0 saturated carbocycles. The van der Waals surface area contributed by atoms with E-state index in [-0.39, 0.29) is 31.6 Å². The molecule has 1 aliphatic heterocycles. The molecule has 0 amide bonds. The van der Waals surface area contributed by atoms with Gasteiger partial charge in [0.15, 0.2) is 23.0 Å². The normalized spacial score (nSPS) is 14.3. The lowest BCUT2D eigenvalue weighted by Gasteiger charge is -2.18. The highest BCUT2D eigenvalue weighted by molar-refractivity contribution is 6.10. The molecule has 0 atom stereocenters. The van der Waals surface area contributed by atoms with E-state index in [1.807, 2.05) is 24.3 Å². The van der Waals surface area contributed by atoms with E-state index in [9.17, 15) is 9.90 Å². The molecule has 2 aliphatic rings. The van der Waals surface area contributed by atoms with E-state index >= 15 is 0 Å². The third-order valence-electron chi connectivity index (χ3n) is 5.38. The molecule has 0 unspecified atom stereocenters. The molecule has 7 nitrogen and oxygen atoms in total. The summed E-state index contributed by atoms with van der Waals surface area (Å²) < 4.78 is 16.4. The minimum Gasteiger partial charge on any atom is -1.00 e. The first kappa shape index (κ1) is 20.3. The van der Waals surface area contributed by atoms with Gasteiger partial charge in [-0.3, -0.25) is 4.79 Å². The van der Waals surface area contributed by atoms with Gasteiger partial charge in [-0.25, -0.2) is 4.98 Å². The summed E-state index contributed by atoms with van der Waals surface area (Å²) in [6.07, 6.45) is 2.15. The van der Waals surface area contributed by atoms with Crippen molar-refractivity contribution >= 4 is 28.1 Å². The summed E-state index contributed by atoms with van der Waals surface area (Å²) in [7, 11) is 1.58. The highest BCUT2D eigenvalue weighted by atomic mass is 35.5. The van der Waals surface area contributed by atoms with Gasteiger partial charge in [0.05, 0.1) is 30.9 Å². The van der Waals surface area contributed by atoms with Gasteiger partial charge in [0, 0.05) is 30.7 Å². The van der Waals surface area contributed by atoms with Crippen LogP contribution in [-0.4, -0.2) is 24.8 Å². The minimum atomic E-state index is -0.106. The average molecular weight is 429 g/mol. The van der Waals surface area contributed by atoms with Crippen LogP contribution in [0.15, 0.2) is 30.3 Å². The van der Waals surface area contributed by atoms with Crippen molar-refractivity contribution in [3.63, 3.8) is 0 Å². The van der Waals surface area contributed by atoms with Crippen molar-refractivity contribution in [2.75, 3.05) is 19.2 Å². The molecule has 30 heavy (non-hydrogen) atoms. The number of hydrogen-bond donors (Lipinski definition) is 2. The SMILES string of the molecule is COc1cc(CO)cc(Nc2c3c([nH+]c4cc5c(cc24)OCO5)CCCC3=O)c1.[Cl-]. The first-order valence-corrected chi connectivity index (χ1v) is 9.57. The molecule has 0 fully saturated rings. The van der Waals surface area contributed by atoms with Crippen LogP contribution in [0.2, 0.25) is 0 Å². The number of halogens is 1. The van der Waals surface area contributed by atoms with Gasteiger partial charge < -0.3 is 37.0 Å². The van der Waals surface area contributed by atoms with Crippen LogP contribution >= 0.6 is 0 Å². The fourth-order valence-electron chi connectivity index (χ4n) is 4.02. The van der Waals surface area contributed by atoms with Crippen LogP contribution in [0, 0.1) is 0 Å². The number of aliphatic hydroxyl groups is 1. The molecule has 0 bridgehead atoms. The predicted octanol–water partition coefficient (Wildman–Crippen LogP) is 0.150. The summed E-state index contributed by atoms with van der Waals surface area (Å²) in [4.78, 5) is 16.3. The zero-order valence-electron chi connectivity index (χ0n) is 16.4. The molecule has 1 aromatic heterocycles. The number of hydrogen-bond acceptors (Lipinski definition) is 6. The van der Waals surface area contributed by atoms with Gasteiger partial charge in [-0.15, -0.1) is 0 Å². The Morgan fingerprint density at radius 1 is 1.13 bits per heavy atom. The van der Waals surface area contributed by atoms with Crippen molar-refractivity contribution in [2.45, 2.75) is 25.9 Å². The van der Waals surface area contributed by atoms with Crippen LogP contribution < -0.4 is 36.9 Å². The van der Waals surface area contributed by atoms with E-state index in [0.717, 1.165) is 46.4 Å². The number of anilines is 2. The highest BCUT2D eigenvalue weighted by Crippen LogP contribution is 2.41. The standard InChI is InChI=1S/C22H20N2O5.ClH/c1-27-14-6-12(10-25)5-13(7-14)23-22-15-8-19-20(29-11-28-19)9-17(15)24-16-3-2-4-18(26)21(16)22;/h5-9,25H,2-4,10-11H2,1H3,(H,23,24);1H. The summed E-state index contributed by atoms with van der Waals surface area (Å²) in [5.74, 6) is 2.07. The molecule has 0 radical (unpaired) electrons. The summed E-state index contributed by atoms with van der Waals surface area (Å²) in [6.45, 7) is 0.0771. The number of aliphatic hydroxyl groups excluding tert-OH is 1. The van der Waals surface area contributed by atoms with Gasteiger partial charge in [0.2, 0.25) is 12.3 Å².